The molecule has 34 heavy (non-hydrogen) atoms. The number of nitriles is 1. The van der Waals surface area contributed by atoms with Crippen molar-refractivity contribution in [3.63, 3.8) is 0 Å². The predicted molar refractivity (Wildman–Crippen MR) is 134 cm³/mol. The van der Waals surface area contributed by atoms with Gasteiger partial charge in [-0.15, -0.1) is 0 Å². The van der Waals surface area contributed by atoms with Gasteiger partial charge in [-0.1, -0.05) is 60.1 Å². The third-order valence-corrected chi connectivity index (χ3v) is 5.39. The molecule has 0 aliphatic carbocycles. The maximum atomic E-state index is 9.31. The van der Waals surface area contributed by atoms with Gasteiger partial charge in [0.2, 0.25) is 4.77 Å². The van der Waals surface area contributed by atoms with E-state index in [0.29, 0.717) is 44.9 Å². The number of halogens is 1. The second-order valence-electron chi connectivity index (χ2n) is 7.10. The molecule has 0 radical (unpaired) electrons. The summed E-state index contributed by atoms with van der Waals surface area (Å²) in [6.07, 6.45) is 1.63. The highest BCUT2D eigenvalue weighted by Crippen LogP contribution is 2.37. The van der Waals surface area contributed by atoms with Crippen molar-refractivity contribution in [2.45, 2.75) is 13.5 Å². The van der Waals surface area contributed by atoms with Crippen LogP contribution in [-0.2, 0) is 6.61 Å². The predicted octanol–water partition coefficient (Wildman–Crippen LogP) is 5.99. The molecule has 0 bridgehead atoms. The van der Waals surface area contributed by atoms with Crippen molar-refractivity contribution < 1.29 is 9.47 Å². The molecule has 0 amide bonds. The molecule has 3 aromatic carbocycles. The maximum absolute atomic E-state index is 9.31. The van der Waals surface area contributed by atoms with Crippen molar-refractivity contribution >= 4 is 30.0 Å². The highest BCUT2D eigenvalue weighted by molar-refractivity contribution is 7.71. The van der Waals surface area contributed by atoms with E-state index >= 15 is 0 Å². The molecule has 0 aliphatic heterocycles. The first-order valence-corrected chi connectivity index (χ1v) is 11.2. The molecular formula is C25H20ClN5O2S. The zero-order chi connectivity index (χ0) is 23.9. The Balaban J connectivity index is 1.63. The van der Waals surface area contributed by atoms with Crippen molar-refractivity contribution in [2.24, 2.45) is 5.10 Å². The molecule has 1 aromatic heterocycles. The topological polar surface area (TPSA) is 88.2 Å². The largest absolute Gasteiger partial charge is 0.490 e. The Labute approximate surface area is 206 Å². The second-order valence-corrected chi connectivity index (χ2v) is 7.89. The number of ether oxygens (including phenoxy) is 2. The van der Waals surface area contributed by atoms with Crippen molar-refractivity contribution in [3.05, 3.63) is 93.2 Å². The molecule has 0 saturated heterocycles. The first-order chi connectivity index (χ1) is 16.6. The fraction of sp³-hybridized carbons (Fsp3) is 0.120. The number of benzene rings is 3. The van der Waals surface area contributed by atoms with E-state index in [4.69, 9.17) is 33.3 Å². The van der Waals surface area contributed by atoms with Gasteiger partial charge in [-0.05, 0) is 42.9 Å². The number of rotatable bonds is 8. The van der Waals surface area contributed by atoms with Crippen molar-refractivity contribution in [1.82, 2.24) is 14.9 Å². The van der Waals surface area contributed by atoms with Gasteiger partial charge in [-0.25, -0.2) is 5.10 Å². The minimum atomic E-state index is 0.182. The summed E-state index contributed by atoms with van der Waals surface area (Å²) in [4.78, 5) is 0. The zero-order valence-corrected chi connectivity index (χ0v) is 19.8. The molecule has 1 heterocycles. The Morgan fingerprint density at radius 1 is 1.15 bits per heavy atom. The SMILES string of the molecule is CCOc1cc(/C=N/n2c(-c3ccccc3)n[nH]c2=S)cc(Cl)c1OCc1ccccc1C#N. The molecule has 4 rings (SSSR count). The maximum Gasteiger partial charge on any atom is 0.216 e. The minimum absolute atomic E-state index is 0.182. The smallest absolute Gasteiger partial charge is 0.216 e. The van der Waals surface area contributed by atoms with Gasteiger partial charge in [-0.3, -0.25) is 0 Å². The minimum Gasteiger partial charge on any atom is -0.490 e. The fourth-order valence-corrected chi connectivity index (χ4v) is 3.72. The van der Waals surface area contributed by atoms with Crippen LogP contribution < -0.4 is 9.47 Å². The number of nitrogens with one attached hydrogen (secondary N) is 1. The lowest BCUT2D eigenvalue weighted by Gasteiger charge is -2.15. The second kappa shape index (κ2) is 10.8. The van der Waals surface area contributed by atoms with Gasteiger partial charge in [-0.2, -0.15) is 20.1 Å². The molecule has 1 N–H and O–H groups in total. The van der Waals surface area contributed by atoms with Crippen LogP contribution in [0, 0.1) is 16.1 Å². The van der Waals surface area contributed by atoms with Crippen LogP contribution in [0.25, 0.3) is 11.4 Å². The van der Waals surface area contributed by atoms with Crippen LogP contribution in [0.15, 0.2) is 71.8 Å². The highest BCUT2D eigenvalue weighted by atomic mass is 35.5. The summed E-state index contributed by atoms with van der Waals surface area (Å²) < 4.78 is 13.6. The molecule has 0 saturated carbocycles. The summed E-state index contributed by atoms with van der Waals surface area (Å²) in [5.74, 6) is 1.47. The van der Waals surface area contributed by atoms with E-state index in [0.717, 1.165) is 11.1 Å². The van der Waals surface area contributed by atoms with Gasteiger partial charge in [0.1, 0.15) is 6.61 Å². The highest BCUT2D eigenvalue weighted by Gasteiger charge is 2.14. The lowest BCUT2D eigenvalue weighted by molar-refractivity contribution is 0.269. The van der Waals surface area contributed by atoms with Gasteiger partial charge in [0.25, 0.3) is 0 Å². The number of hydrogen-bond acceptors (Lipinski definition) is 6. The van der Waals surface area contributed by atoms with Crippen molar-refractivity contribution in [3.8, 4) is 29.0 Å². The zero-order valence-electron chi connectivity index (χ0n) is 18.2. The average Bonchev–Trinajstić information content (AvgIpc) is 3.23. The van der Waals surface area contributed by atoms with E-state index in [1.54, 1.807) is 29.1 Å². The van der Waals surface area contributed by atoms with Gasteiger partial charge < -0.3 is 9.47 Å². The molecular weight excluding hydrogens is 470 g/mol. The summed E-state index contributed by atoms with van der Waals surface area (Å²) in [5.41, 5.74) is 2.88. The summed E-state index contributed by atoms with van der Waals surface area (Å²) in [7, 11) is 0. The number of aromatic amines is 1. The summed E-state index contributed by atoms with van der Waals surface area (Å²) in [6, 6.07) is 22.6. The summed E-state index contributed by atoms with van der Waals surface area (Å²) >= 11 is 11.9. The number of nitrogens with zero attached hydrogens (tertiary/aromatic N) is 4. The molecule has 9 heteroatoms. The van der Waals surface area contributed by atoms with Gasteiger partial charge in [0.15, 0.2) is 17.3 Å². The third kappa shape index (κ3) is 5.17. The van der Waals surface area contributed by atoms with E-state index < -0.39 is 0 Å². The van der Waals surface area contributed by atoms with E-state index in [1.807, 2.05) is 55.5 Å². The van der Waals surface area contributed by atoms with Gasteiger partial charge in [0, 0.05) is 11.1 Å². The van der Waals surface area contributed by atoms with Crippen molar-refractivity contribution in [1.29, 1.82) is 5.26 Å². The summed E-state index contributed by atoms with van der Waals surface area (Å²) in [5, 5.41) is 21.2. The molecule has 4 aromatic rings. The van der Waals surface area contributed by atoms with E-state index in [1.165, 1.54) is 0 Å². The fourth-order valence-electron chi connectivity index (χ4n) is 3.27. The van der Waals surface area contributed by atoms with Gasteiger partial charge >= 0.3 is 0 Å². The van der Waals surface area contributed by atoms with Crippen LogP contribution >= 0.6 is 23.8 Å². The molecule has 170 valence electrons. The van der Waals surface area contributed by atoms with Crippen LogP contribution in [0.1, 0.15) is 23.6 Å². The van der Waals surface area contributed by atoms with Crippen LogP contribution in [0.2, 0.25) is 5.02 Å². The Morgan fingerprint density at radius 2 is 1.91 bits per heavy atom. The summed E-state index contributed by atoms with van der Waals surface area (Å²) in [6.45, 7) is 2.48. The van der Waals surface area contributed by atoms with E-state index in [-0.39, 0.29) is 6.61 Å². The Hall–Kier alpha value is -3.93. The molecule has 0 fully saturated rings. The van der Waals surface area contributed by atoms with E-state index in [9.17, 15) is 5.26 Å². The van der Waals surface area contributed by atoms with E-state index in [2.05, 4.69) is 21.4 Å². The molecule has 0 unspecified atom stereocenters. The monoisotopic (exact) mass is 489 g/mol. The van der Waals surface area contributed by atoms with Crippen LogP contribution in [0.3, 0.4) is 0 Å². The third-order valence-electron chi connectivity index (χ3n) is 4.85. The number of hydrogen-bond donors (Lipinski definition) is 1. The van der Waals surface area contributed by atoms with Crippen LogP contribution in [-0.4, -0.2) is 27.7 Å². The normalized spacial score (nSPS) is 10.9. The lowest BCUT2D eigenvalue weighted by Crippen LogP contribution is -2.03. The average molecular weight is 490 g/mol. The quantitative estimate of drug-likeness (QED) is 0.242. The molecule has 7 nitrogen and oxygen atoms in total. The first-order valence-electron chi connectivity index (χ1n) is 10.4. The molecule has 0 atom stereocenters. The Morgan fingerprint density at radius 3 is 2.68 bits per heavy atom. The van der Waals surface area contributed by atoms with Crippen molar-refractivity contribution in [2.75, 3.05) is 6.61 Å². The number of H-pyrrole nitrogens is 1. The Bertz CT molecular complexity index is 1420. The van der Waals surface area contributed by atoms with Crippen LogP contribution in [0.4, 0.5) is 0 Å². The molecule has 0 spiro atoms. The molecule has 0 aliphatic rings. The Kier molecular flexibility index (Phi) is 7.38. The first kappa shape index (κ1) is 23.2. The lowest BCUT2D eigenvalue weighted by atomic mass is 10.1. The number of aromatic nitrogens is 3. The van der Waals surface area contributed by atoms with Crippen LogP contribution in [0.5, 0.6) is 11.5 Å². The standard InChI is InChI=1S/C25H20ClN5O2S/c1-2-32-22-13-17(12-21(26)23(22)33-16-20-11-7-6-10-19(20)14-27)15-28-31-24(29-30-25(31)34)18-8-4-3-5-9-18/h3-13,15H,2,16H2,1H3,(H,30,34)/b28-15+. The van der Waals surface area contributed by atoms with Gasteiger partial charge in [0.05, 0.1) is 29.5 Å².